The average molecular weight is 374 g/mol. The summed E-state index contributed by atoms with van der Waals surface area (Å²) in [6.07, 6.45) is 0. The highest BCUT2D eigenvalue weighted by atomic mass is 35.5. The molecule has 0 bridgehead atoms. The molecule has 3 aromatic rings. The molecule has 0 aromatic heterocycles. The second-order valence-electron chi connectivity index (χ2n) is 5.79. The van der Waals surface area contributed by atoms with E-state index in [1.165, 1.54) is 36.4 Å². The first kappa shape index (κ1) is 17.9. The maximum atomic E-state index is 14.3. The minimum Gasteiger partial charge on any atom is -0.507 e. The topological polar surface area (TPSA) is 49.3 Å². The third kappa shape index (κ3) is 3.68. The van der Waals surface area contributed by atoms with Crippen LogP contribution in [-0.4, -0.2) is 11.0 Å². The summed E-state index contributed by atoms with van der Waals surface area (Å²) in [6.45, 7) is 1.74. The number of benzene rings is 3. The van der Waals surface area contributed by atoms with E-state index in [-0.39, 0.29) is 33.1 Å². The van der Waals surface area contributed by atoms with Gasteiger partial charge in [0, 0.05) is 21.8 Å². The number of halogens is 3. The molecule has 0 atom stereocenters. The van der Waals surface area contributed by atoms with Gasteiger partial charge in [-0.15, -0.1) is 0 Å². The summed E-state index contributed by atoms with van der Waals surface area (Å²) in [4.78, 5) is 12.5. The highest BCUT2D eigenvalue weighted by molar-refractivity contribution is 6.31. The van der Waals surface area contributed by atoms with E-state index in [4.69, 9.17) is 11.6 Å². The predicted octanol–water partition coefficient (Wildman–Crippen LogP) is 5.55. The molecule has 0 saturated heterocycles. The molecule has 0 unspecified atom stereocenters. The van der Waals surface area contributed by atoms with Crippen LogP contribution in [0.25, 0.3) is 11.1 Å². The second kappa shape index (κ2) is 7.14. The number of phenolic OH excluding ortho intramolecular Hbond substituents is 1. The Morgan fingerprint density at radius 1 is 1.00 bits per heavy atom. The molecule has 0 spiro atoms. The minimum absolute atomic E-state index is 0.00551. The minimum atomic E-state index is -0.625. The van der Waals surface area contributed by atoms with Gasteiger partial charge in [0.2, 0.25) is 0 Å². The van der Waals surface area contributed by atoms with Gasteiger partial charge >= 0.3 is 0 Å². The molecule has 0 fully saturated rings. The Balaban J connectivity index is 2.02. The number of nitrogens with one attached hydrogen (secondary N) is 1. The van der Waals surface area contributed by atoms with Crippen LogP contribution in [0.1, 0.15) is 15.9 Å². The summed E-state index contributed by atoms with van der Waals surface area (Å²) in [7, 11) is 0. The maximum absolute atomic E-state index is 14.3. The fraction of sp³-hybridized carbons (Fsp3) is 0.0500. The fourth-order valence-electron chi connectivity index (χ4n) is 2.57. The summed E-state index contributed by atoms with van der Waals surface area (Å²) >= 11 is 5.76. The van der Waals surface area contributed by atoms with E-state index in [1.54, 1.807) is 13.0 Å². The van der Waals surface area contributed by atoms with Crippen LogP contribution in [0.5, 0.6) is 5.75 Å². The molecule has 0 radical (unpaired) electrons. The van der Waals surface area contributed by atoms with Crippen molar-refractivity contribution in [1.82, 2.24) is 0 Å². The van der Waals surface area contributed by atoms with Crippen molar-refractivity contribution in [3.05, 3.63) is 82.4 Å². The molecule has 0 aliphatic carbocycles. The van der Waals surface area contributed by atoms with E-state index in [0.717, 1.165) is 17.7 Å². The van der Waals surface area contributed by atoms with Crippen molar-refractivity contribution < 1.29 is 18.7 Å². The molecule has 26 heavy (non-hydrogen) atoms. The van der Waals surface area contributed by atoms with Gasteiger partial charge in [-0.1, -0.05) is 23.7 Å². The normalized spacial score (nSPS) is 10.6. The SMILES string of the molecule is Cc1ccc(-c2cc(F)ccc2NC(=O)c2ccc(Cl)cc2O)c(F)c1. The van der Waals surface area contributed by atoms with Crippen molar-refractivity contribution in [3.63, 3.8) is 0 Å². The molecule has 6 heteroatoms. The van der Waals surface area contributed by atoms with Gasteiger partial charge in [-0.3, -0.25) is 4.79 Å². The zero-order valence-corrected chi connectivity index (χ0v) is 14.4. The highest BCUT2D eigenvalue weighted by Gasteiger charge is 2.16. The van der Waals surface area contributed by atoms with Crippen molar-refractivity contribution in [2.75, 3.05) is 5.32 Å². The lowest BCUT2D eigenvalue weighted by Crippen LogP contribution is -2.13. The number of hydrogen-bond acceptors (Lipinski definition) is 2. The lowest BCUT2D eigenvalue weighted by Gasteiger charge is -2.13. The van der Waals surface area contributed by atoms with Gasteiger partial charge in [-0.2, -0.15) is 0 Å². The smallest absolute Gasteiger partial charge is 0.259 e. The Kier molecular flexibility index (Phi) is 4.91. The molecule has 1 amide bonds. The van der Waals surface area contributed by atoms with E-state index in [1.807, 2.05) is 0 Å². The van der Waals surface area contributed by atoms with Gasteiger partial charge in [0.1, 0.15) is 17.4 Å². The van der Waals surface area contributed by atoms with Crippen LogP contribution >= 0.6 is 11.6 Å². The Morgan fingerprint density at radius 3 is 2.46 bits per heavy atom. The average Bonchev–Trinajstić information content (AvgIpc) is 2.56. The molecule has 132 valence electrons. The number of aryl methyl sites for hydroxylation is 1. The molecule has 3 rings (SSSR count). The lowest BCUT2D eigenvalue weighted by atomic mass is 10.0. The molecule has 0 heterocycles. The van der Waals surface area contributed by atoms with Crippen LogP contribution < -0.4 is 5.32 Å². The first-order chi connectivity index (χ1) is 12.3. The van der Waals surface area contributed by atoms with Crippen LogP contribution in [0.2, 0.25) is 5.02 Å². The van der Waals surface area contributed by atoms with Crippen molar-refractivity contribution in [2.24, 2.45) is 0 Å². The van der Waals surface area contributed by atoms with Gasteiger partial charge in [0.25, 0.3) is 5.91 Å². The molecule has 0 saturated carbocycles. The standard InChI is InChI=1S/C20H14ClF2NO2/c1-11-2-5-14(17(23)8-11)16-10-13(22)4-7-18(16)24-20(26)15-6-3-12(21)9-19(15)25/h2-10,25H,1H3,(H,24,26). The van der Waals surface area contributed by atoms with Crippen LogP contribution in [0.3, 0.4) is 0 Å². The molecule has 3 nitrogen and oxygen atoms in total. The zero-order chi connectivity index (χ0) is 18.8. The van der Waals surface area contributed by atoms with E-state index in [2.05, 4.69) is 5.32 Å². The summed E-state index contributed by atoms with van der Waals surface area (Å²) in [5.41, 5.74) is 1.29. The fourth-order valence-corrected chi connectivity index (χ4v) is 2.74. The van der Waals surface area contributed by atoms with Crippen molar-refractivity contribution >= 4 is 23.2 Å². The van der Waals surface area contributed by atoms with Gasteiger partial charge in [-0.25, -0.2) is 8.78 Å². The van der Waals surface area contributed by atoms with Crippen LogP contribution in [0, 0.1) is 18.6 Å². The van der Waals surface area contributed by atoms with Crippen LogP contribution in [-0.2, 0) is 0 Å². The molecular weight excluding hydrogens is 360 g/mol. The number of phenols is 1. The van der Waals surface area contributed by atoms with Crippen molar-refractivity contribution in [2.45, 2.75) is 6.92 Å². The zero-order valence-electron chi connectivity index (χ0n) is 13.7. The van der Waals surface area contributed by atoms with Gasteiger partial charge in [0.15, 0.2) is 0 Å². The molecule has 0 aliphatic heterocycles. The largest absolute Gasteiger partial charge is 0.507 e. The van der Waals surface area contributed by atoms with Gasteiger partial charge in [-0.05, 0) is 55.0 Å². The Bertz CT molecular complexity index is 1010. The number of rotatable bonds is 3. The Morgan fingerprint density at radius 2 is 1.77 bits per heavy atom. The number of anilines is 1. The first-order valence-corrected chi connectivity index (χ1v) is 8.09. The predicted molar refractivity (Wildman–Crippen MR) is 97.6 cm³/mol. The molecule has 3 aromatic carbocycles. The summed E-state index contributed by atoms with van der Waals surface area (Å²) in [5.74, 6) is -2.01. The second-order valence-corrected chi connectivity index (χ2v) is 6.23. The maximum Gasteiger partial charge on any atom is 0.259 e. The summed E-state index contributed by atoms with van der Waals surface area (Å²) in [5, 5.41) is 12.7. The van der Waals surface area contributed by atoms with E-state index in [9.17, 15) is 18.7 Å². The van der Waals surface area contributed by atoms with E-state index >= 15 is 0 Å². The number of carbonyl (C=O) groups excluding carboxylic acids is 1. The Hall–Kier alpha value is -2.92. The summed E-state index contributed by atoms with van der Waals surface area (Å²) < 4.78 is 28.0. The van der Waals surface area contributed by atoms with Crippen molar-refractivity contribution in [1.29, 1.82) is 0 Å². The molecular formula is C20H14ClF2NO2. The molecule has 0 aliphatic rings. The third-order valence-electron chi connectivity index (χ3n) is 3.85. The third-order valence-corrected chi connectivity index (χ3v) is 4.08. The Labute approximate surface area is 153 Å². The lowest BCUT2D eigenvalue weighted by molar-refractivity contribution is 0.102. The monoisotopic (exact) mass is 373 g/mol. The quantitative estimate of drug-likeness (QED) is 0.632. The first-order valence-electron chi connectivity index (χ1n) is 7.71. The van der Waals surface area contributed by atoms with Gasteiger partial charge in [0.05, 0.1) is 5.56 Å². The van der Waals surface area contributed by atoms with Crippen LogP contribution in [0.15, 0.2) is 54.6 Å². The van der Waals surface area contributed by atoms with Crippen LogP contribution in [0.4, 0.5) is 14.5 Å². The van der Waals surface area contributed by atoms with Gasteiger partial charge < -0.3 is 10.4 Å². The van der Waals surface area contributed by atoms with E-state index in [0.29, 0.717) is 0 Å². The molecule has 2 N–H and O–H groups in total. The number of amides is 1. The number of carbonyl (C=O) groups is 1. The number of aromatic hydroxyl groups is 1. The van der Waals surface area contributed by atoms with Crippen molar-refractivity contribution in [3.8, 4) is 16.9 Å². The highest BCUT2D eigenvalue weighted by Crippen LogP contribution is 2.32. The number of hydrogen-bond donors (Lipinski definition) is 2. The van der Waals surface area contributed by atoms with E-state index < -0.39 is 17.5 Å². The summed E-state index contributed by atoms with van der Waals surface area (Å²) in [6, 6.07) is 12.3.